The van der Waals surface area contributed by atoms with E-state index in [4.69, 9.17) is 4.74 Å². The van der Waals surface area contributed by atoms with Crippen LogP contribution in [0, 0.1) is 13.8 Å². The van der Waals surface area contributed by atoms with Gasteiger partial charge in [0.1, 0.15) is 11.5 Å². The Balaban J connectivity index is 2.29. The normalized spacial score (nSPS) is 12.3. The van der Waals surface area contributed by atoms with E-state index in [2.05, 4.69) is 28.9 Å². The summed E-state index contributed by atoms with van der Waals surface area (Å²) in [5.41, 5.74) is 3.20. The van der Waals surface area contributed by atoms with Crippen LogP contribution in [0.15, 0.2) is 40.9 Å². The van der Waals surface area contributed by atoms with Gasteiger partial charge in [0.05, 0.1) is 6.10 Å². The van der Waals surface area contributed by atoms with Crippen molar-refractivity contribution >= 4 is 15.9 Å². The zero-order chi connectivity index (χ0) is 14.0. The highest BCUT2D eigenvalue weighted by Gasteiger charge is 2.09. The average Bonchev–Trinajstić information content (AvgIpc) is 2.34. The van der Waals surface area contributed by atoms with E-state index < -0.39 is 6.10 Å². The summed E-state index contributed by atoms with van der Waals surface area (Å²) in [7, 11) is 0. The van der Waals surface area contributed by atoms with Crippen LogP contribution in [0.2, 0.25) is 0 Å². The zero-order valence-electron chi connectivity index (χ0n) is 11.3. The lowest BCUT2D eigenvalue weighted by Gasteiger charge is -2.13. The van der Waals surface area contributed by atoms with Crippen LogP contribution in [0.5, 0.6) is 11.5 Å². The summed E-state index contributed by atoms with van der Waals surface area (Å²) < 4.78 is 6.75. The Morgan fingerprint density at radius 2 is 1.89 bits per heavy atom. The van der Waals surface area contributed by atoms with Crippen molar-refractivity contribution in [3.63, 3.8) is 0 Å². The molecule has 2 rings (SSSR count). The molecule has 0 aliphatic rings. The predicted molar refractivity (Wildman–Crippen MR) is 80.8 cm³/mol. The number of ether oxygens (including phenoxy) is 1. The van der Waals surface area contributed by atoms with E-state index in [1.54, 1.807) is 6.92 Å². The van der Waals surface area contributed by atoms with Crippen LogP contribution in [0.25, 0.3) is 0 Å². The first-order chi connectivity index (χ1) is 8.99. The van der Waals surface area contributed by atoms with Crippen molar-refractivity contribution in [2.75, 3.05) is 0 Å². The maximum atomic E-state index is 9.59. The van der Waals surface area contributed by atoms with Gasteiger partial charge in [-0.15, -0.1) is 0 Å². The average molecular weight is 321 g/mol. The fourth-order valence-corrected chi connectivity index (χ4v) is 2.56. The second-order valence-corrected chi connectivity index (χ2v) is 5.51. The molecule has 0 aliphatic carbocycles. The molecule has 0 amide bonds. The minimum Gasteiger partial charge on any atom is -0.457 e. The number of aryl methyl sites for hydroxylation is 1. The molecule has 0 saturated heterocycles. The molecule has 0 fully saturated rings. The minimum atomic E-state index is -0.496. The molecule has 1 N–H and O–H groups in total. The molecule has 19 heavy (non-hydrogen) atoms. The maximum absolute atomic E-state index is 9.59. The Kier molecular flexibility index (Phi) is 4.27. The van der Waals surface area contributed by atoms with E-state index in [9.17, 15) is 5.11 Å². The van der Waals surface area contributed by atoms with Crippen molar-refractivity contribution in [2.24, 2.45) is 0 Å². The highest BCUT2D eigenvalue weighted by molar-refractivity contribution is 9.10. The molecule has 0 bridgehead atoms. The zero-order valence-corrected chi connectivity index (χ0v) is 12.9. The third kappa shape index (κ3) is 3.17. The van der Waals surface area contributed by atoms with Gasteiger partial charge in [-0.3, -0.25) is 0 Å². The summed E-state index contributed by atoms with van der Waals surface area (Å²) in [6.45, 7) is 5.85. The standard InChI is InChI=1S/C16H17BrO2/c1-10-5-4-6-16(11(10)2)19-13-7-8-14(12(3)18)15(17)9-13/h4-9,12,18H,1-3H3/t12-/m0/s1. The monoisotopic (exact) mass is 320 g/mol. The number of aliphatic hydroxyl groups excluding tert-OH is 1. The fourth-order valence-electron chi connectivity index (χ4n) is 1.87. The summed E-state index contributed by atoms with van der Waals surface area (Å²) in [6, 6.07) is 11.6. The lowest BCUT2D eigenvalue weighted by atomic mass is 10.1. The Bertz CT molecular complexity index is 591. The van der Waals surface area contributed by atoms with Crippen molar-refractivity contribution in [1.82, 2.24) is 0 Å². The van der Waals surface area contributed by atoms with Gasteiger partial charge in [0.2, 0.25) is 0 Å². The molecule has 0 spiro atoms. The van der Waals surface area contributed by atoms with Crippen LogP contribution in [-0.4, -0.2) is 5.11 Å². The van der Waals surface area contributed by atoms with Gasteiger partial charge in [-0.25, -0.2) is 0 Å². The molecule has 0 unspecified atom stereocenters. The molecule has 2 nitrogen and oxygen atoms in total. The SMILES string of the molecule is Cc1cccc(Oc2ccc([C@H](C)O)c(Br)c2)c1C. The first-order valence-electron chi connectivity index (χ1n) is 6.20. The lowest BCUT2D eigenvalue weighted by Crippen LogP contribution is -1.94. The molecule has 0 radical (unpaired) electrons. The number of halogens is 1. The topological polar surface area (TPSA) is 29.5 Å². The summed E-state index contributed by atoms with van der Waals surface area (Å²) in [5.74, 6) is 1.61. The predicted octanol–water partition coefficient (Wildman–Crippen LogP) is 4.91. The van der Waals surface area contributed by atoms with Crippen molar-refractivity contribution in [3.8, 4) is 11.5 Å². The minimum absolute atomic E-state index is 0.496. The van der Waals surface area contributed by atoms with Crippen LogP contribution in [0.3, 0.4) is 0 Å². The first-order valence-corrected chi connectivity index (χ1v) is 7.00. The largest absolute Gasteiger partial charge is 0.457 e. The molecule has 0 aromatic heterocycles. The smallest absolute Gasteiger partial charge is 0.130 e. The molecule has 100 valence electrons. The molecular formula is C16H17BrO2. The van der Waals surface area contributed by atoms with Crippen LogP contribution >= 0.6 is 15.9 Å². The maximum Gasteiger partial charge on any atom is 0.130 e. The van der Waals surface area contributed by atoms with Crippen LogP contribution < -0.4 is 4.74 Å². The molecule has 0 heterocycles. The number of hydrogen-bond donors (Lipinski definition) is 1. The van der Waals surface area contributed by atoms with Crippen molar-refractivity contribution in [2.45, 2.75) is 26.9 Å². The number of benzene rings is 2. The Morgan fingerprint density at radius 3 is 2.53 bits per heavy atom. The Labute approximate surface area is 122 Å². The third-order valence-corrected chi connectivity index (χ3v) is 3.89. The van der Waals surface area contributed by atoms with Gasteiger partial charge >= 0.3 is 0 Å². The molecule has 0 saturated carbocycles. The molecule has 1 atom stereocenters. The van der Waals surface area contributed by atoms with E-state index in [1.807, 2.05) is 37.3 Å². The quantitative estimate of drug-likeness (QED) is 0.870. The lowest BCUT2D eigenvalue weighted by molar-refractivity contribution is 0.198. The highest BCUT2D eigenvalue weighted by Crippen LogP contribution is 2.31. The van der Waals surface area contributed by atoms with Gasteiger partial charge in [-0.2, -0.15) is 0 Å². The van der Waals surface area contributed by atoms with Gasteiger partial charge in [0.25, 0.3) is 0 Å². The van der Waals surface area contributed by atoms with E-state index in [0.717, 1.165) is 27.1 Å². The van der Waals surface area contributed by atoms with Gasteiger partial charge in [-0.05, 0) is 55.7 Å². The fraction of sp³-hybridized carbons (Fsp3) is 0.250. The molecule has 3 heteroatoms. The van der Waals surface area contributed by atoms with Gasteiger partial charge in [0.15, 0.2) is 0 Å². The van der Waals surface area contributed by atoms with Crippen molar-refractivity contribution in [1.29, 1.82) is 0 Å². The summed E-state index contributed by atoms with van der Waals surface area (Å²) >= 11 is 3.45. The molecule has 0 aliphatic heterocycles. The van der Waals surface area contributed by atoms with E-state index in [0.29, 0.717) is 0 Å². The van der Waals surface area contributed by atoms with Gasteiger partial charge in [-0.1, -0.05) is 34.1 Å². The second-order valence-electron chi connectivity index (χ2n) is 4.66. The van der Waals surface area contributed by atoms with Gasteiger partial charge < -0.3 is 9.84 Å². The molecule has 2 aromatic carbocycles. The van der Waals surface area contributed by atoms with Crippen LogP contribution in [0.1, 0.15) is 29.7 Å². The summed E-state index contributed by atoms with van der Waals surface area (Å²) in [5, 5.41) is 9.59. The molecule has 2 aromatic rings. The summed E-state index contributed by atoms with van der Waals surface area (Å²) in [6.07, 6.45) is -0.496. The van der Waals surface area contributed by atoms with Crippen LogP contribution in [0.4, 0.5) is 0 Å². The number of hydrogen-bond acceptors (Lipinski definition) is 2. The Morgan fingerprint density at radius 1 is 1.16 bits per heavy atom. The second kappa shape index (κ2) is 5.76. The van der Waals surface area contributed by atoms with E-state index >= 15 is 0 Å². The highest BCUT2D eigenvalue weighted by atomic mass is 79.9. The molecular weight excluding hydrogens is 304 g/mol. The van der Waals surface area contributed by atoms with Gasteiger partial charge in [0, 0.05) is 4.47 Å². The Hall–Kier alpha value is -1.32. The van der Waals surface area contributed by atoms with E-state index in [-0.39, 0.29) is 0 Å². The first kappa shape index (κ1) is 14.1. The number of rotatable bonds is 3. The van der Waals surface area contributed by atoms with Crippen LogP contribution in [-0.2, 0) is 0 Å². The summed E-state index contributed by atoms with van der Waals surface area (Å²) in [4.78, 5) is 0. The number of aliphatic hydroxyl groups is 1. The van der Waals surface area contributed by atoms with Crippen molar-refractivity contribution < 1.29 is 9.84 Å². The van der Waals surface area contributed by atoms with Crippen molar-refractivity contribution in [3.05, 3.63) is 57.6 Å². The van der Waals surface area contributed by atoms with E-state index in [1.165, 1.54) is 5.56 Å². The third-order valence-electron chi connectivity index (χ3n) is 3.20.